The molecule has 0 atom stereocenters. The number of thiazole rings is 1. The summed E-state index contributed by atoms with van der Waals surface area (Å²) in [6.07, 6.45) is 3.88. The molecule has 0 saturated carbocycles. The van der Waals surface area contributed by atoms with Crippen molar-refractivity contribution in [3.05, 3.63) is 29.0 Å². The molecular formula is C12H15N3OS. The van der Waals surface area contributed by atoms with Crippen molar-refractivity contribution in [1.29, 1.82) is 0 Å². The van der Waals surface area contributed by atoms with E-state index in [2.05, 4.69) is 16.9 Å². The molecule has 5 heteroatoms. The van der Waals surface area contributed by atoms with Crippen LogP contribution in [-0.2, 0) is 10.2 Å². The number of aromatic nitrogens is 2. The van der Waals surface area contributed by atoms with Crippen molar-refractivity contribution in [1.82, 2.24) is 9.97 Å². The molecule has 3 rings (SSSR count). The topological polar surface area (TPSA) is 63.9 Å². The molecule has 1 saturated heterocycles. The van der Waals surface area contributed by atoms with E-state index in [9.17, 15) is 0 Å². The van der Waals surface area contributed by atoms with Crippen LogP contribution < -0.4 is 5.73 Å². The van der Waals surface area contributed by atoms with Crippen molar-refractivity contribution in [2.75, 3.05) is 19.8 Å². The van der Waals surface area contributed by atoms with Gasteiger partial charge in [-0.3, -0.25) is 0 Å². The molecule has 4 nitrogen and oxygen atoms in total. The fourth-order valence-corrected chi connectivity index (χ4v) is 3.39. The monoisotopic (exact) mass is 249 g/mol. The van der Waals surface area contributed by atoms with E-state index in [1.165, 1.54) is 4.88 Å². The van der Waals surface area contributed by atoms with E-state index in [1.807, 2.05) is 18.5 Å². The zero-order chi connectivity index (χ0) is 11.9. The van der Waals surface area contributed by atoms with Gasteiger partial charge in [0.25, 0.3) is 0 Å². The second-order valence-electron chi connectivity index (χ2n) is 4.51. The van der Waals surface area contributed by atoms with Gasteiger partial charge in [-0.05, 0) is 13.0 Å². The van der Waals surface area contributed by atoms with E-state index in [0.717, 1.165) is 29.5 Å². The van der Waals surface area contributed by atoms with Gasteiger partial charge in [0, 0.05) is 29.4 Å². The van der Waals surface area contributed by atoms with Crippen LogP contribution in [0.1, 0.15) is 10.6 Å². The largest absolute Gasteiger partial charge is 0.379 e. The molecule has 2 aromatic heterocycles. The van der Waals surface area contributed by atoms with Gasteiger partial charge < -0.3 is 15.5 Å². The third-order valence-corrected chi connectivity index (χ3v) is 4.72. The molecule has 0 aliphatic carbocycles. The highest BCUT2D eigenvalue weighted by molar-refractivity contribution is 7.15. The molecule has 1 aliphatic heterocycles. The fraction of sp³-hybridized carbons (Fsp3) is 0.417. The lowest BCUT2D eigenvalue weighted by molar-refractivity contribution is -0.0535. The Hall–Kier alpha value is -1.17. The average molecular weight is 249 g/mol. The van der Waals surface area contributed by atoms with Crippen molar-refractivity contribution < 1.29 is 4.74 Å². The maximum atomic E-state index is 5.89. The van der Waals surface area contributed by atoms with Gasteiger partial charge >= 0.3 is 0 Å². The number of nitrogens with one attached hydrogen (secondary N) is 1. The first kappa shape index (κ1) is 11.0. The van der Waals surface area contributed by atoms with Crippen molar-refractivity contribution in [3.8, 4) is 10.6 Å². The number of hydrogen-bond acceptors (Lipinski definition) is 4. The molecule has 17 heavy (non-hydrogen) atoms. The molecule has 0 spiro atoms. The lowest BCUT2D eigenvalue weighted by Gasteiger charge is -2.39. The minimum atomic E-state index is 0.0102. The lowest BCUT2D eigenvalue weighted by atomic mass is 9.84. The Morgan fingerprint density at radius 3 is 2.94 bits per heavy atom. The van der Waals surface area contributed by atoms with Crippen LogP contribution in [0.3, 0.4) is 0 Å². The summed E-state index contributed by atoms with van der Waals surface area (Å²) >= 11 is 1.73. The number of rotatable bonds is 3. The summed E-state index contributed by atoms with van der Waals surface area (Å²) in [5.41, 5.74) is 8.12. The second kappa shape index (κ2) is 3.94. The van der Waals surface area contributed by atoms with Crippen LogP contribution in [0.15, 0.2) is 18.5 Å². The molecule has 0 bridgehead atoms. The van der Waals surface area contributed by atoms with Crippen LogP contribution in [0.2, 0.25) is 0 Å². The molecule has 1 fully saturated rings. The Balaban J connectivity index is 2.02. The quantitative estimate of drug-likeness (QED) is 0.869. The third kappa shape index (κ3) is 1.62. The average Bonchev–Trinajstić information content (AvgIpc) is 2.87. The predicted octanol–water partition coefficient (Wildman–Crippen LogP) is 1.67. The summed E-state index contributed by atoms with van der Waals surface area (Å²) in [6.45, 7) is 4.12. The number of aryl methyl sites for hydroxylation is 1. The number of nitrogens with zero attached hydrogens (tertiary/aromatic N) is 1. The zero-order valence-corrected chi connectivity index (χ0v) is 10.5. The first-order valence-corrected chi connectivity index (χ1v) is 6.46. The summed E-state index contributed by atoms with van der Waals surface area (Å²) in [7, 11) is 0. The van der Waals surface area contributed by atoms with Gasteiger partial charge in [0.2, 0.25) is 0 Å². The highest BCUT2D eigenvalue weighted by Gasteiger charge is 2.42. The van der Waals surface area contributed by atoms with Crippen LogP contribution in [0.5, 0.6) is 0 Å². The molecule has 2 aromatic rings. The summed E-state index contributed by atoms with van der Waals surface area (Å²) in [5, 5.41) is 1.05. The minimum absolute atomic E-state index is 0.0102. The van der Waals surface area contributed by atoms with Crippen molar-refractivity contribution in [2.24, 2.45) is 5.73 Å². The Bertz CT molecular complexity index is 508. The van der Waals surface area contributed by atoms with Crippen molar-refractivity contribution in [3.63, 3.8) is 0 Å². The summed E-state index contributed by atoms with van der Waals surface area (Å²) < 4.78 is 5.33. The number of ether oxygens (including phenoxy) is 1. The van der Waals surface area contributed by atoms with Crippen molar-refractivity contribution >= 4 is 11.3 Å². The van der Waals surface area contributed by atoms with Gasteiger partial charge in [-0.2, -0.15) is 0 Å². The standard InChI is InChI=1S/C12H15N3OS/c1-8-10(12(5-13)6-16-7-12)17-11(15-8)9-2-3-14-4-9/h2-4,14H,5-7,13H2,1H3. The summed E-state index contributed by atoms with van der Waals surface area (Å²) in [6, 6.07) is 2.04. The Kier molecular flexibility index (Phi) is 2.54. The maximum Gasteiger partial charge on any atom is 0.125 e. The van der Waals surface area contributed by atoms with E-state index in [-0.39, 0.29) is 5.41 Å². The van der Waals surface area contributed by atoms with Gasteiger partial charge in [-0.1, -0.05) is 0 Å². The smallest absolute Gasteiger partial charge is 0.125 e. The van der Waals surface area contributed by atoms with Crippen LogP contribution in [0.25, 0.3) is 10.6 Å². The first-order valence-electron chi connectivity index (χ1n) is 5.64. The molecular weight excluding hydrogens is 234 g/mol. The fourth-order valence-electron chi connectivity index (χ4n) is 2.16. The third-order valence-electron chi connectivity index (χ3n) is 3.27. The van der Waals surface area contributed by atoms with E-state index >= 15 is 0 Å². The summed E-state index contributed by atoms with van der Waals surface area (Å²) in [5.74, 6) is 0. The minimum Gasteiger partial charge on any atom is -0.379 e. The van der Waals surface area contributed by atoms with Crippen LogP contribution in [0.4, 0.5) is 0 Å². The summed E-state index contributed by atoms with van der Waals surface area (Å²) in [4.78, 5) is 8.97. The Morgan fingerprint density at radius 2 is 2.41 bits per heavy atom. The first-order chi connectivity index (χ1) is 8.25. The normalized spacial score (nSPS) is 18.0. The maximum absolute atomic E-state index is 5.89. The number of hydrogen-bond donors (Lipinski definition) is 2. The second-order valence-corrected chi connectivity index (χ2v) is 5.51. The highest BCUT2D eigenvalue weighted by atomic mass is 32.1. The Morgan fingerprint density at radius 1 is 1.59 bits per heavy atom. The van der Waals surface area contributed by atoms with Gasteiger partial charge in [-0.25, -0.2) is 4.98 Å². The molecule has 1 aliphatic rings. The number of H-pyrrole nitrogens is 1. The van der Waals surface area contributed by atoms with Crippen molar-refractivity contribution in [2.45, 2.75) is 12.3 Å². The molecule has 3 N–H and O–H groups in total. The van der Waals surface area contributed by atoms with Gasteiger partial charge in [0.15, 0.2) is 0 Å². The van der Waals surface area contributed by atoms with Gasteiger partial charge in [0.1, 0.15) is 5.01 Å². The molecule has 0 radical (unpaired) electrons. The van der Waals surface area contributed by atoms with Crippen LogP contribution in [-0.4, -0.2) is 29.7 Å². The predicted molar refractivity (Wildman–Crippen MR) is 68.2 cm³/mol. The van der Waals surface area contributed by atoms with E-state index < -0.39 is 0 Å². The van der Waals surface area contributed by atoms with Gasteiger partial charge in [-0.15, -0.1) is 11.3 Å². The van der Waals surface area contributed by atoms with Crippen LogP contribution in [0, 0.1) is 6.92 Å². The molecule has 0 aromatic carbocycles. The number of nitrogens with two attached hydrogens (primary N) is 1. The Labute approximate surface area is 104 Å². The van der Waals surface area contributed by atoms with E-state index in [4.69, 9.17) is 10.5 Å². The molecule has 0 unspecified atom stereocenters. The van der Waals surface area contributed by atoms with E-state index in [1.54, 1.807) is 11.3 Å². The zero-order valence-electron chi connectivity index (χ0n) is 9.69. The molecule has 3 heterocycles. The molecule has 90 valence electrons. The number of aromatic amines is 1. The molecule has 0 amide bonds. The highest BCUT2D eigenvalue weighted by Crippen LogP contribution is 2.39. The van der Waals surface area contributed by atoms with Gasteiger partial charge in [0.05, 0.1) is 24.3 Å². The van der Waals surface area contributed by atoms with Crippen LogP contribution >= 0.6 is 11.3 Å². The SMILES string of the molecule is Cc1nc(-c2cc[nH]c2)sc1C1(CN)COC1. The lowest BCUT2D eigenvalue weighted by Crippen LogP contribution is -2.52. The van der Waals surface area contributed by atoms with E-state index in [0.29, 0.717) is 6.54 Å².